The highest BCUT2D eigenvalue weighted by Gasteiger charge is 2.44. The summed E-state index contributed by atoms with van der Waals surface area (Å²) >= 11 is 0.367. The number of halogens is 3. The zero-order valence-corrected chi connectivity index (χ0v) is 11.9. The van der Waals surface area contributed by atoms with Gasteiger partial charge < -0.3 is 10.4 Å². The molecule has 0 spiro atoms. The third kappa shape index (κ3) is 3.08. The summed E-state index contributed by atoms with van der Waals surface area (Å²) in [5, 5.41) is 10.8. The van der Waals surface area contributed by atoms with Gasteiger partial charge in [0.1, 0.15) is 11.5 Å². The molecule has 0 fully saturated rings. The van der Waals surface area contributed by atoms with Crippen molar-refractivity contribution < 1.29 is 27.9 Å². The molecule has 5 nitrogen and oxygen atoms in total. The monoisotopic (exact) mass is 330 g/mol. The van der Waals surface area contributed by atoms with Crippen LogP contribution < -0.4 is 5.32 Å². The summed E-state index contributed by atoms with van der Waals surface area (Å²) in [4.78, 5) is 25.6. The van der Waals surface area contributed by atoms with Gasteiger partial charge in [0.05, 0.1) is 0 Å². The van der Waals surface area contributed by atoms with E-state index in [0.29, 0.717) is 16.9 Å². The van der Waals surface area contributed by atoms with Crippen molar-refractivity contribution in [1.82, 2.24) is 4.98 Å². The van der Waals surface area contributed by atoms with Gasteiger partial charge in [-0.3, -0.25) is 4.79 Å². The number of rotatable bonds is 4. The highest BCUT2D eigenvalue weighted by Crippen LogP contribution is 2.31. The average Bonchev–Trinajstić information content (AvgIpc) is 2.93. The van der Waals surface area contributed by atoms with E-state index in [-0.39, 0.29) is 11.4 Å². The van der Waals surface area contributed by atoms with Crippen molar-refractivity contribution in [3.63, 3.8) is 0 Å². The maximum atomic E-state index is 13.3. The number of alkyl halides is 2. The van der Waals surface area contributed by atoms with E-state index in [9.17, 15) is 22.8 Å². The van der Waals surface area contributed by atoms with Crippen molar-refractivity contribution >= 4 is 28.9 Å². The van der Waals surface area contributed by atoms with E-state index in [1.807, 2.05) is 0 Å². The lowest BCUT2D eigenvalue weighted by molar-refractivity contribution is -0.166. The molecule has 2 aromatic rings. The SMILES string of the molecule is Cc1cc(NC(=O)c2csc(C(F)(F)C(=O)O)n2)ccc1F. The smallest absolute Gasteiger partial charge is 0.393 e. The van der Waals surface area contributed by atoms with Crippen molar-refractivity contribution in [2.75, 3.05) is 5.32 Å². The number of benzene rings is 1. The van der Waals surface area contributed by atoms with Crippen LogP contribution in [0.25, 0.3) is 0 Å². The molecule has 2 N–H and O–H groups in total. The number of aliphatic carboxylic acids is 1. The molecular formula is C13H9F3N2O3S. The Kier molecular flexibility index (Phi) is 4.18. The highest BCUT2D eigenvalue weighted by molar-refractivity contribution is 7.10. The van der Waals surface area contributed by atoms with Gasteiger partial charge in [-0.05, 0) is 30.7 Å². The number of carbonyl (C=O) groups excluding carboxylic acids is 1. The van der Waals surface area contributed by atoms with E-state index in [4.69, 9.17) is 5.11 Å². The molecule has 0 atom stereocenters. The van der Waals surface area contributed by atoms with Crippen molar-refractivity contribution in [3.05, 3.63) is 45.7 Å². The molecule has 1 aromatic carbocycles. The number of hydrogen-bond acceptors (Lipinski definition) is 4. The van der Waals surface area contributed by atoms with Crippen LogP contribution in [0.3, 0.4) is 0 Å². The van der Waals surface area contributed by atoms with E-state index in [1.165, 1.54) is 19.1 Å². The number of anilines is 1. The van der Waals surface area contributed by atoms with Crippen LogP contribution in [0.2, 0.25) is 0 Å². The minimum absolute atomic E-state index is 0.267. The second-order valence-electron chi connectivity index (χ2n) is 4.34. The van der Waals surface area contributed by atoms with Crippen LogP contribution in [-0.2, 0) is 10.7 Å². The Morgan fingerprint density at radius 3 is 2.64 bits per heavy atom. The number of carboxylic acids is 1. The largest absolute Gasteiger partial charge is 0.476 e. The van der Waals surface area contributed by atoms with Crippen molar-refractivity contribution in [2.45, 2.75) is 12.8 Å². The summed E-state index contributed by atoms with van der Waals surface area (Å²) in [5.74, 6) is -7.75. The Labute approximate surface area is 126 Å². The summed E-state index contributed by atoms with van der Waals surface area (Å²) in [7, 11) is 0. The van der Waals surface area contributed by atoms with Crippen molar-refractivity contribution in [1.29, 1.82) is 0 Å². The van der Waals surface area contributed by atoms with Gasteiger partial charge in [-0.15, -0.1) is 11.3 Å². The molecule has 1 heterocycles. The Bertz CT molecular complexity index is 746. The summed E-state index contributed by atoms with van der Waals surface area (Å²) in [5.41, 5.74) is 0.223. The number of aromatic nitrogens is 1. The maximum Gasteiger partial charge on any atom is 0.393 e. The third-order valence-corrected chi connectivity index (χ3v) is 3.60. The van der Waals surface area contributed by atoms with E-state index >= 15 is 0 Å². The predicted molar refractivity (Wildman–Crippen MR) is 72.7 cm³/mol. The lowest BCUT2D eigenvalue weighted by atomic mass is 10.2. The van der Waals surface area contributed by atoms with E-state index in [2.05, 4.69) is 10.3 Å². The predicted octanol–water partition coefficient (Wildman–Crippen LogP) is 3.02. The summed E-state index contributed by atoms with van der Waals surface area (Å²) in [6.45, 7) is 1.50. The quantitative estimate of drug-likeness (QED) is 0.903. The van der Waals surface area contributed by atoms with Gasteiger partial charge in [-0.25, -0.2) is 14.2 Å². The summed E-state index contributed by atoms with van der Waals surface area (Å²) < 4.78 is 39.6. The number of nitrogens with zero attached hydrogens (tertiary/aromatic N) is 1. The van der Waals surface area contributed by atoms with Crippen LogP contribution in [0, 0.1) is 12.7 Å². The van der Waals surface area contributed by atoms with Crippen LogP contribution in [0.5, 0.6) is 0 Å². The normalized spacial score (nSPS) is 11.3. The van der Waals surface area contributed by atoms with Gasteiger partial charge in [-0.1, -0.05) is 0 Å². The lowest BCUT2D eigenvalue weighted by Crippen LogP contribution is -2.25. The van der Waals surface area contributed by atoms with Gasteiger partial charge in [0.15, 0.2) is 5.01 Å². The van der Waals surface area contributed by atoms with Gasteiger partial charge in [0, 0.05) is 11.1 Å². The molecule has 0 radical (unpaired) electrons. The summed E-state index contributed by atoms with van der Waals surface area (Å²) in [6.07, 6.45) is 0. The fraction of sp³-hybridized carbons (Fsp3) is 0.154. The first-order chi connectivity index (χ1) is 10.2. The van der Waals surface area contributed by atoms with Crippen LogP contribution in [-0.4, -0.2) is 22.0 Å². The summed E-state index contributed by atoms with van der Waals surface area (Å²) in [6, 6.07) is 3.82. The molecule has 22 heavy (non-hydrogen) atoms. The van der Waals surface area contributed by atoms with Gasteiger partial charge in [0.2, 0.25) is 0 Å². The van der Waals surface area contributed by atoms with E-state index in [1.54, 1.807) is 0 Å². The molecule has 116 valence electrons. The minimum Gasteiger partial charge on any atom is -0.476 e. The Morgan fingerprint density at radius 2 is 2.05 bits per heavy atom. The fourth-order valence-electron chi connectivity index (χ4n) is 1.53. The van der Waals surface area contributed by atoms with Crippen LogP contribution in [0.15, 0.2) is 23.6 Å². The lowest BCUT2D eigenvalue weighted by Gasteiger charge is -2.06. The van der Waals surface area contributed by atoms with Crippen molar-refractivity contribution in [2.24, 2.45) is 0 Å². The van der Waals surface area contributed by atoms with E-state index in [0.717, 1.165) is 11.4 Å². The molecule has 0 aliphatic carbocycles. The molecule has 9 heteroatoms. The molecular weight excluding hydrogens is 321 g/mol. The fourth-order valence-corrected chi connectivity index (χ4v) is 2.30. The number of aryl methyl sites for hydroxylation is 1. The number of carbonyl (C=O) groups is 2. The average molecular weight is 330 g/mol. The van der Waals surface area contributed by atoms with E-state index < -0.39 is 28.6 Å². The zero-order chi connectivity index (χ0) is 16.5. The number of nitrogens with one attached hydrogen (secondary N) is 1. The topological polar surface area (TPSA) is 79.3 Å². The highest BCUT2D eigenvalue weighted by atomic mass is 32.1. The molecule has 0 saturated heterocycles. The molecule has 2 rings (SSSR count). The Hall–Kier alpha value is -2.42. The standard InChI is InChI=1S/C13H9F3N2O3S/c1-6-4-7(2-3-8(6)14)17-10(19)9-5-22-11(18-9)13(15,16)12(20)21/h2-5H,1H3,(H,17,19)(H,20,21). The number of amides is 1. The Morgan fingerprint density at radius 1 is 1.36 bits per heavy atom. The van der Waals surface area contributed by atoms with Gasteiger partial charge >= 0.3 is 11.9 Å². The number of hydrogen-bond donors (Lipinski definition) is 2. The number of thiazole rings is 1. The Balaban J connectivity index is 2.19. The molecule has 0 aliphatic heterocycles. The zero-order valence-electron chi connectivity index (χ0n) is 11.1. The van der Waals surface area contributed by atoms with Crippen molar-refractivity contribution in [3.8, 4) is 0 Å². The first-order valence-corrected chi connectivity index (χ1v) is 6.74. The minimum atomic E-state index is -4.16. The van der Waals surface area contributed by atoms with Crippen LogP contribution >= 0.6 is 11.3 Å². The second-order valence-corrected chi connectivity index (χ2v) is 5.19. The second kappa shape index (κ2) is 5.76. The van der Waals surface area contributed by atoms with Gasteiger partial charge in [-0.2, -0.15) is 8.78 Å². The van der Waals surface area contributed by atoms with Gasteiger partial charge in [0.25, 0.3) is 5.91 Å². The molecule has 0 unspecified atom stereocenters. The molecule has 0 aliphatic rings. The molecule has 0 bridgehead atoms. The van der Waals surface area contributed by atoms with Crippen LogP contribution in [0.4, 0.5) is 18.9 Å². The molecule has 1 aromatic heterocycles. The maximum absolute atomic E-state index is 13.3. The number of carboxylic acid groups (broad SMARTS) is 1. The third-order valence-electron chi connectivity index (χ3n) is 2.69. The molecule has 0 saturated carbocycles. The molecule has 1 amide bonds. The first kappa shape index (κ1) is 16.0. The first-order valence-electron chi connectivity index (χ1n) is 5.86. The van der Waals surface area contributed by atoms with Crippen LogP contribution in [0.1, 0.15) is 21.1 Å².